The molecule has 0 bridgehead atoms. The summed E-state index contributed by atoms with van der Waals surface area (Å²) in [6, 6.07) is 63.6. The van der Waals surface area contributed by atoms with E-state index in [9.17, 15) is 0 Å². The maximum absolute atomic E-state index is 6.71. The van der Waals surface area contributed by atoms with Gasteiger partial charge in [0.15, 0.2) is 0 Å². The van der Waals surface area contributed by atoms with Gasteiger partial charge < -0.3 is 9.32 Å². The first-order valence-electron chi connectivity index (χ1n) is 17.7. The Morgan fingerprint density at radius 2 is 1.08 bits per heavy atom. The maximum atomic E-state index is 6.71. The molecule has 1 aliphatic carbocycles. The number of hydrogen-bond acceptors (Lipinski definition) is 2. The van der Waals surface area contributed by atoms with Gasteiger partial charge in [0.1, 0.15) is 11.2 Å². The molecule has 2 heteroatoms. The summed E-state index contributed by atoms with van der Waals surface area (Å²) < 4.78 is 6.71. The van der Waals surface area contributed by atoms with Crippen molar-refractivity contribution in [1.29, 1.82) is 0 Å². The summed E-state index contributed by atoms with van der Waals surface area (Å²) in [4.78, 5) is 2.42. The van der Waals surface area contributed by atoms with Gasteiger partial charge in [0.25, 0.3) is 0 Å². The number of furan rings is 1. The van der Waals surface area contributed by atoms with Gasteiger partial charge in [0.05, 0.1) is 5.69 Å². The molecule has 0 N–H and O–H groups in total. The topological polar surface area (TPSA) is 16.4 Å². The summed E-state index contributed by atoms with van der Waals surface area (Å²) in [5.74, 6) is 0. The zero-order chi connectivity index (χ0) is 34.1. The summed E-state index contributed by atoms with van der Waals surface area (Å²) in [7, 11) is 0. The molecule has 51 heavy (non-hydrogen) atoms. The van der Waals surface area contributed by atoms with Crippen LogP contribution in [-0.4, -0.2) is 0 Å². The van der Waals surface area contributed by atoms with E-state index in [1.807, 2.05) is 0 Å². The number of benzene rings is 8. The number of nitrogens with zero attached hydrogens (tertiary/aromatic N) is 1. The van der Waals surface area contributed by atoms with Gasteiger partial charge in [-0.1, -0.05) is 147 Å². The second-order valence-electron chi connectivity index (χ2n) is 14.1. The van der Waals surface area contributed by atoms with Gasteiger partial charge in [-0.25, -0.2) is 0 Å². The Morgan fingerprint density at radius 1 is 0.431 bits per heavy atom. The summed E-state index contributed by atoms with van der Waals surface area (Å²) >= 11 is 0. The fourth-order valence-corrected chi connectivity index (χ4v) is 8.31. The summed E-state index contributed by atoms with van der Waals surface area (Å²) in [6.07, 6.45) is 0. The quantitative estimate of drug-likeness (QED) is 0.184. The molecule has 0 spiro atoms. The van der Waals surface area contributed by atoms with Gasteiger partial charge in [0.2, 0.25) is 0 Å². The van der Waals surface area contributed by atoms with Crippen LogP contribution in [0.25, 0.3) is 66.1 Å². The molecule has 242 valence electrons. The van der Waals surface area contributed by atoms with Crippen LogP contribution in [0.3, 0.4) is 0 Å². The van der Waals surface area contributed by atoms with Crippen molar-refractivity contribution in [2.45, 2.75) is 19.3 Å². The first-order chi connectivity index (χ1) is 25.0. The van der Waals surface area contributed by atoms with Crippen LogP contribution in [0.2, 0.25) is 0 Å². The normalized spacial score (nSPS) is 13.1. The van der Waals surface area contributed by atoms with Gasteiger partial charge in [-0.15, -0.1) is 0 Å². The summed E-state index contributed by atoms with van der Waals surface area (Å²) in [5, 5.41) is 4.69. The van der Waals surface area contributed by atoms with E-state index in [1.165, 1.54) is 44.2 Å². The standard InChI is InChI=1S/C49H35NO/c1-49(2)43-20-12-11-19-39(43)40-27-26-37(29-44(40)49)50(36-24-21-33(22-25-36)32-13-5-3-6-14-32)45-31-47-42(30-41(45)34-15-7-4-8-16-34)48-38-18-10-9-17-35(38)23-28-46(48)51-47/h3-31H,1-2H3. The van der Waals surface area contributed by atoms with Crippen molar-refractivity contribution in [3.8, 4) is 33.4 Å². The average Bonchev–Trinajstić information content (AvgIpc) is 3.67. The molecule has 0 amide bonds. The van der Waals surface area contributed by atoms with Crippen molar-refractivity contribution in [2.24, 2.45) is 0 Å². The largest absolute Gasteiger partial charge is 0.456 e. The molecular formula is C49H35NO. The predicted octanol–water partition coefficient (Wildman–Crippen LogP) is 13.8. The third-order valence-electron chi connectivity index (χ3n) is 10.9. The molecule has 0 saturated heterocycles. The van der Waals surface area contributed by atoms with E-state index >= 15 is 0 Å². The van der Waals surface area contributed by atoms with E-state index in [0.29, 0.717) is 0 Å². The number of rotatable bonds is 5. The molecular weight excluding hydrogens is 619 g/mol. The lowest BCUT2D eigenvalue weighted by Gasteiger charge is -2.30. The molecule has 0 fully saturated rings. The van der Waals surface area contributed by atoms with Crippen LogP contribution in [-0.2, 0) is 5.41 Å². The van der Waals surface area contributed by atoms with E-state index < -0.39 is 0 Å². The zero-order valence-electron chi connectivity index (χ0n) is 28.6. The lowest BCUT2D eigenvalue weighted by molar-refractivity contribution is 0.660. The smallest absolute Gasteiger partial charge is 0.137 e. The van der Waals surface area contributed by atoms with Crippen LogP contribution in [0.15, 0.2) is 180 Å². The lowest BCUT2D eigenvalue weighted by atomic mass is 9.82. The minimum Gasteiger partial charge on any atom is -0.456 e. The molecule has 0 aliphatic heterocycles. The van der Waals surface area contributed by atoms with E-state index in [0.717, 1.165) is 50.1 Å². The Hall–Kier alpha value is -6.38. The van der Waals surface area contributed by atoms with Crippen molar-refractivity contribution in [2.75, 3.05) is 4.90 Å². The van der Waals surface area contributed by atoms with Crippen LogP contribution in [0.5, 0.6) is 0 Å². The molecule has 2 nitrogen and oxygen atoms in total. The Kier molecular flexibility index (Phi) is 6.56. The van der Waals surface area contributed by atoms with Gasteiger partial charge in [-0.2, -0.15) is 0 Å². The summed E-state index contributed by atoms with van der Waals surface area (Å²) in [5.41, 5.74) is 14.9. The number of hydrogen-bond donors (Lipinski definition) is 0. The van der Waals surface area contributed by atoms with Gasteiger partial charge in [-0.3, -0.25) is 0 Å². The monoisotopic (exact) mass is 653 g/mol. The highest BCUT2D eigenvalue weighted by atomic mass is 16.3. The van der Waals surface area contributed by atoms with Crippen molar-refractivity contribution in [3.05, 3.63) is 187 Å². The molecule has 0 saturated carbocycles. The van der Waals surface area contributed by atoms with Crippen molar-refractivity contribution in [1.82, 2.24) is 0 Å². The van der Waals surface area contributed by atoms with E-state index in [2.05, 4.69) is 195 Å². The molecule has 0 atom stereocenters. The average molecular weight is 654 g/mol. The van der Waals surface area contributed by atoms with Crippen LogP contribution in [0.4, 0.5) is 17.1 Å². The number of fused-ring (bicyclic) bond motifs is 8. The minimum atomic E-state index is -0.128. The van der Waals surface area contributed by atoms with Gasteiger partial charge in [0, 0.05) is 39.2 Å². The first-order valence-corrected chi connectivity index (χ1v) is 17.7. The van der Waals surface area contributed by atoms with Gasteiger partial charge in [-0.05, 0) is 86.1 Å². The molecule has 0 radical (unpaired) electrons. The third kappa shape index (κ3) is 4.64. The first kappa shape index (κ1) is 29.5. The Bertz CT molecular complexity index is 2760. The van der Waals surface area contributed by atoms with E-state index in [4.69, 9.17) is 4.42 Å². The van der Waals surface area contributed by atoms with Crippen molar-refractivity contribution < 1.29 is 4.42 Å². The Balaban J connectivity index is 1.25. The summed E-state index contributed by atoms with van der Waals surface area (Å²) in [6.45, 7) is 4.70. The number of anilines is 3. The second-order valence-corrected chi connectivity index (χ2v) is 14.1. The second kappa shape index (κ2) is 11.3. The van der Waals surface area contributed by atoms with E-state index in [1.54, 1.807) is 0 Å². The van der Waals surface area contributed by atoms with Crippen molar-refractivity contribution >= 4 is 49.8 Å². The van der Waals surface area contributed by atoms with Crippen LogP contribution >= 0.6 is 0 Å². The fraction of sp³-hybridized carbons (Fsp3) is 0.0612. The van der Waals surface area contributed by atoms with Crippen LogP contribution < -0.4 is 4.90 Å². The maximum Gasteiger partial charge on any atom is 0.137 e. The molecule has 1 aromatic heterocycles. The molecule has 8 aromatic carbocycles. The fourth-order valence-electron chi connectivity index (χ4n) is 8.31. The van der Waals surface area contributed by atoms with E-state index in [-0.39, 0.29) is 5.41 Å². The minimum absolute atomic E-state index is 0.128. The molecule has 0 unspecified atom stereocenters. The third-order valence-corrected chi connectivity index (χ3v) is 10.9. The highest BCUT2D eigenvalue weighted by molar-refractivity contribution is 6.20. The zero-order valence-corrected chi connectivity index (χ0v) is 28.6. The predicted molar refractivity (Wildman–Crippen MR) is 214 cm³/mol. The van der Waals surface area contributed by atoms with Crippen LogP contribution in [0.1, 0.15) is 25.0 Å². The van der Waals surface area contributed by atoms with Gasteiger partial charge >= 0.3 is 0 Å². The molecule has 9 aromatic rings. The van der Waals surface area contributed by atoms with Crippen molar-refractivity contribution in [3.63, 3.8) is 0 Å². The lowest BCUT2D eigenvalue weighted by Crippen LogP contribution is -2.17. The highest BCUT2D eigenvalue weighted by Gasteiger charge is 2.36. The van der Waals surface area contributed by atoms with Crippen LogP contribution in [0, 0.1) is 0 Å². The Labute approximate surface area is 297 Å². The SMILES string of the molecule is CC1(C)c2ccccc2-c2ccc(N(c3ccc(-c4ccccc4)cc3)c3cc4oc5ccc6ccccc6c5c4cc3-c3ccccc3)cc21. The molecule has 1 aliphatic rings. The molecule has 1 heterocycles. The molecule has 10 rings (SSSR count). The Morgan fingerprint density at radius 3 is 1.88 bits per heavy atom. The highest BCUT2D eigenvalue weighted by Crippen LogP contribution is 2.52.